The van der Waals surface area contributed by atoms with E-state index in [1.54, 1.807) is 67.8 Å². The van der Waals surface area contributed by atoms with Gasteiger partial charge in [0, 0.05) is 5.02 Å². The van der Waals surface area contributed by atoms with Crippen LogP contribution in [0.1, 0.15) is 16.7 Å². The van der Waals surface area contributed by atoms with Crippen molar-refractivity contribution < 1.29 is 23.7 Å². The molecule has 0 heterocycles. The molecule has 7 heteroatoms. The highest BCUT2D eigenvalue weighted by molar-refractivity contribution is 6.30. The number of allylic oxidation sites excluding steroid dienone is 1. The molecule has 0 aliphatic rings. The summed E-state index contributed by atoms with van der Waals surface area (Å²) in [5, 5.41) is 10.1. The number of halogens is 1. The van der Waals surface area contributed by atoms with Gasteiger partial charge in [0.25, 0.3) is 0 Å². The Morgan fingerprint density at radius 1 is 0.909 bits per heavy atom. The number of nitrogens with zero attached hydrogens (tertiary/aromatic N) is 1. The standard InChI is InChI=1S/C26H22ClNO5/c1-30-22-9-7-18(13-24(22)31-2)14-26(29)33-23-10-8-17(12-25(23)32-3)11-20(16-28)19-5-4-6-21(27)15-19/h4-13,15H,14H2,1-3H3/b20-11-. The van der Waals surface area contributed by atoms with Gasteiger partial charge in [0.2, 0.25) is 0 Å². The molecule has 3 aromatic rings. The number of ether oxygens (including phenoxy) is 4. The summed E-state index contributed by atoms with van der Waals surface area (Å²) in [5.41, 5.74) is 2.58. The Kier molecular flexibility index (Phi) is 7.96. The number of carbonyl (C=O) groups is 1. The summed E-state index contributed by atoms with van der Waals surface area (Å²) in [6.07, 6.45) is 1.75. The molecule has 6 nitrogen and oxygen atoms in total. The van der Waals surface area contributed by atoms with E-state index >= 15 is 0 Å². The number of hydrogen-bond acceptors (Lipinski definition) is 6. The minimum absolute atomic E-state index is 0.0402. The van der Waals surface area contributed by atoms with E-state index < -0.39 is 5.97 Å². The zero-order valence-corrected chi connectivity index (χ0v) is 19.2. The highest BCUT2D eigenvalue weighted by atomic mass is 35.5. The van der Waals surface area contributed by atoms with Crippen LogP contribution in [0.15, 0.2) is 60.7 Å². The number of rotatable bonds is 8. The van der Waals surface area contributed by atoms with Gasteiger partial charge >= 0.3 is 5.97 Å². The molecule has 0 fully saturated rings. The molecule has 0 bridgehead atoms. The van der Waals surface area contributed by atoms with Gasteiger partial charge in [-0.1, -0.05) is 35.9 Å². The van der Waals surface area contributed by atoms with Crippen LogP contribution in [0.5, 0.6) is 23.0 Å². The Morgan fingerprint density at radius 2 is 1.61 bits per heavy atom. The molecule has 0 saturated carbocycles. The molecular formula is C26H22ClNO5. The maximum atomic E-state index is 12.5. The van der Waals surface area contributed by atoms with Crippen LogP contribution < -0.4 is 18.9 Å². The van der Waals surface area contributed by atoms with Gasteiger partial charge in [0.05, 0.1) is 39.4 Å². The maximum absolute atomic E-state index is 12.5. The van der Waals surface area contributed by atoms with Gasteiger partial charge in [-0.05, 0) is 59.2 Å². The van der Waals surface area contributed by atoms with Crippen molar-refractivity contribution in [3.63, 3.8) is 0 Å². The van der Waals surface area contributed by atoms with E-state index in [2.05, 4.69) is 6.07 Å². The van der Waals surface area contributed by atoms with Gasteiger partial charge in [0.1, 0.15) is 0 Å². The van der Waals surface area contributed by atoms with Crippen LogP contribution in [0.25, 0.3) is 11.6 Å². The smallest absolute Gasteiger partial charge is 0.315 e. The van der Waals surface area contributed by atoms with E-state index in [4.69, 9.17) is 30.5 Å². The van der Waals surface area contributed by atoms with Gasteiger partial charge in [-0.3, -0.25) is 4.79 Å². The van der Waals surface area contributed by atoms with E-state index in [1.165, 1.54) is 14.2 Å². The molecule has 0 saturated heterocycles. The first kappa shape index (κ1) is 23.7. The minimum Gasteiger partial charge on any atom is -0.493 e. The van der Waals surface area contributed by atoms with Crippen molar-refractivity contribution in [3.8, 4) is 29.1 Å². The lowest BCUT2D eigenvalue weighted by Crippen LogP contribution is -2.12. The topological polar surface area (TPSA) is 77.8 Å². The summed E-state index contributed by atoms with van der Waals surface area (Å²) in [7, 11) is 4.56. The van der Waals surface area contributed by atoms with E-state index in [0.29, 0.717) is 39.0 Å². The predicted molar refractivity (Wildman–Crippen MR) is 127 cm³/mol. The molecule has 0 spiro atoms. The van der Waals surface area contributed by atoms with Crippen molar-refractivity contribution >= 4 is 29.2 Å². The van der Waals surface area contributed by atoms with Gasteiger partial charge in [-0.25, -0.2) is 0 Å². The van der Waals surface area contributed by atoms with Crippen LogP contribution in [-0.4, -0.2) is 27.3 Å². The van der Waals surface area contributed by atoms with Crippen molar-refractivity contribution in [2.45, 2.75) is 6.42 Å². The Bertz CT molecular complexity index is 1230. The van der Waals surface area contributed by atoms with Crippen LogP contribution >= 0.6 is 11.6 Å². The van der Waals surface area contributed by atoms with Crippen LogP contribution in [-0.2, 0) is 11.2 Å². The summed E-state index contributed by atoms with van der Waals surface area (Å²) >= 11 is 6.04. The number of methoxy groups -OCH3 is 3. The molecule has 0 aliphatic carbocycles. The molecule has 0 radical (unpaired) electrons. The van der Waals surface area contributed by atoms with E-state index in [1.807, 2.05) is 6.07 Å². The Labute approximate surface area is 197 Å². The second kappa shape index (κ2) is 11.1. The van der Waals surface area contributed by atoms with Crippen LogP contribution in [0, 0.1) is 11.3 Å². The van der Waals surface area contributed by atoms with Gasteiger partial charge in [-0.2, -0.15) is 5.26 Å². The third kappa shape index (κ3) is 6.06. The summed E-state index contributed by atoms with van der Waals surface area (Å²) in [6, 6.07) is 19.5. The second-order valence-corrected chi connectivity index (χ2v) is 7.37. The average Bonchev–Trinajstić information content (AvgIpc) is 2.83. The minimum atomic E-state index is -0.458. The predicted octanol–water partition coefficient (Wildman–Crippen LogP) is 5.58. The molecule has 3 rings (SSSR count). The third-order valence-electron chi connectivity index (χ3n) is 4.77. The number of benzene rings is 3. The van der Waals surface area contributed by atoms with Gasteiger partial charge < -0.3 is 18.9 Å². The largest absolute Gasteiger partial charge is 0.493 e. The Morgan fingerprint density at radius 3 is 2.27 bits per heavy atom. The fraction of sp³-hybridized carbons (Fsp3) is 0.154. The lowest BCUT2D eigenvalue weighted by Gasteiger charge is -2.12. The fourth-order valence-electron chi connectivity index (χ4n) is 3.18. The molecule has 0 aromatic heterocycles. The number of nitriles is 1. The van der Waals surface area contributed by atoms with Gasteiger partial charge in [-0.15, -0.1) is 0 Å². The second-order valence-electron chi connectivity index (χ2n) is 6.93. The average molecular weight is 464 g/mol. The molecule has 33 heavy (non-hydrogen) atoms. The molecular weight excluding hydrogens is 442 g/mol. The zero-order chi connectivity index (χ0) is 23.8. The van der Waals surface area contributed by atoms with Crippen LogP contribution in [0.2, 0.25) is 5.02 Å². The monoisotopic (exact) mass is 463 g/mol. The molecule has 3 aromatic carbocycles. The summed E-state index contributed by atoms with van der Waals surface area (Å²) in [5.74, 6) is 1.30. The maximum Gasteiger partial charge on any atom is 0.315 e. The summed E-state index contributed by atoms with van der Waals surface area (Å²) in [4.78, 5) is 12.5. The van der Waals surface area contributed by atoms with E-state index in [9.17, 15) is 10.1 Å². The Balaban J connectivity index is 1.78. The highest BCUT2D eigenvalue weighted by Crippen LogP contribution is 2.31. The first-order valence-electron chi connectivity index (χ1n) is 9.94. The first-order chi connectivity index (χ1) is 16.0. The molecule has 0 amide bonds. The molecule has 0 atom stereocenters. The SMILES string of the molecule is COc1ccc(CC(=O)Oc2ccc(/C=C(/C#N)c3cccc(Cl)c3)cc2OC)cc1OC. The Hall–Kier alpha value is -3.95. The lowest BCUT2D eigenvalue weighted by atomic mass is 10.0. The zero-order valence-electron chi connectivity index (χ0n) is 18.4. The molecule has 0 N–H and O–H groups in total. The van der Waals surface area contributed by atoms with Crippen molar-refractivity contribution in [1.29, 1.82) is 5.26 Å². The number of esters is 1. The summed E-state index contributed by atoms with van der Waals surface area (Å²) < 4.78 is 21.4. The molecule has 168 valence electrons. The fourth-order valence-corrected chi connectivity index (χ4v) is 3.37. The number of carbonyl (C=O) groups excluding carboxylic acids is 1. The van der Waals surface area contributed by atoms with Crippen molar-refractivity contribution in [2.24, 2.45) is 0 Å². The number of hydrogen-bond donors (Lipinski definition) is 0. The van der Waals surface area contributed by atoms with Crippen molar-refractivity contribution in [3.05, 3.63) is 82.4 Å². The van der Waals surface area contributed by atoms with Crippen molar-refractivity contribution in [1.82, 2.24) is 0 Å². The van der Waals surface area contributed by atoms with Gasteiger partial charge in [0.15, 0.2) is 23.0 Å². The normalized spacial score (nSPS) is 10.8. The first-order valence-corrected chi connectivity index (χ1v) is 10.3. The van der Waals surface area contributed by atoms with Crippen molar-refractivity contribution in [2.75, 3.05) is 21.3 Å². The molecule has 0 unspecified atom stereocenters. The van der Waals surface area contributed by atoms with E-state index in [0.717, 1.165) is 5.56 Å². The molecule has 0 aliphatic heterocycles. The summed E-state index contributed by atoms with van der Waals surface area (Å²) in [6.45, 7) is 0. The van der Waals surface area contributed by atoms with Crippen LogP contribution in [0.3, 0.4) is 0 Å². The van der Waals surface area contributed by atoms with Crippen LogP contribution in [0.4, 0.5) is 0 Å². The third-order valence-corrected chi connectivity index (χ3v) is 5.01. The van der Waals surface area contributed by atoms with E-state index in [-0.39, 0.29) is 12.2 Å². The quantitative estimate of drug-likeness (QED) is 0.188. The lowest BCUT2D eigenvalue weighted by molar-refractivity contribution is -0.133. The highest BCUT2D eigenvalue weighted by Gasteiger charge is 2.14.